The standard InChI is InChI=1S/C15H14BrClFN/c1-10(11-4-2-6-13(17)8-11)19-9-12-5-3-7-14(18)15(12)16/h2-8,10,19H,9H2,1H3/t10-/m0/s1. The van der Waals surface area contributed by atoms with E-state index in [9.17, 15) is 4.39 Å². The van der Waals surface area contributed by atoms with Crippen molar-refractivity contribution in [3.8, 4) is 0 Å². The van der Waals surface area contributed by atoms with Crippen LogP contribution in [-0.2, 0) is 6.54 Å². The van der Waals surface area contributed by atoms with E-state index in [0.29, 0.717) is 11.0 Å². The molecule has 0 aliphatic heterocycles. The first-order valence-corrected chi connectivity index (χ1v) is 7.17. The summed E-state index contributed by atoms with van der Waals surface area (Å²) in [5.41, 5.74) is 2.01. The molecule has 0 aliphatic rings. The minimum atomic E-state index is -0.241. The van der Waals surface area contributed by atoms with Crippen molar-refractivity contribution < 1.29 is 4.39 Å². The van der Waals surface area contributed by atoms with E-state index in [4.69, 9.17) is 11.6 Å². The fourth-order valence-corrected chi connectivity index (χ4v) is 2.45. The monoisotopic (exact) mass is 341 g/mol. The minimum Gasteiger partial charge on any atom is -0.306 e. The van der Waals surface area contributed by atoms with Crippen molar-refractivity contribution in [2.24, 2.45) is 0 Å². The lowest BCUT2D eigenvalue weighted by molar-refractivity contribution is 0.566. The third-order valence-electron chi connectivity index (χ3n) is 2.98. The number of nitrogens with one attached hydrogen (secondary N) is 1. The number of rotatable bonds is 4. The van der Waals surface area contributed by atoms with Crippen LogP contribution >= 0.6 is 27.5 Å². The van der Waals surface area contributed by atoms with Gasteiger partial charge in [0.15, 0.2) is 0 Å². The molecule has 1 atom stereocenters. The quantitative estimate of drug-likeness (QED) is 0.816. The zero-order valence-electron chi connectivity index (χ0n) is 10.5. The number of benzene rings is 2. The minimum absolute atomic E-state index is 0.147. The van der Waals surface area contributed by atoms with Gasteiger partial charge in [-0.1, -0.05) is 35.9 Å². The van der Waals surface area contributed by atoms with Gasteiger partial charge in [-0.2, -0.15) is 0 Å². The van der Waals surface area contributed by atoms with Gasteiger partial charge in [-0.25, -0.2) is 4.39 Å². The summed E-state index contributed by atoms with van der Waals surface area (Å²) in [5, 5.41) is 4.08. The van der Waals surface area contributed by atoms with Crippen molar-refractivity contribution in [1.82, 2.24) is 5.32 Å². The van der Waals surface area contributed by atoms with E-state index >= 15 is 0 Å². The van der Waals surface area contributed by atoms with Gasteiger partial charge >= 0.3 is 0 Å². The van der Waals surface area contributed by atoms with Crippen LogP contribution in [0.5, 0.6) is 0 Å². The molecule has 0 heterocycles. The lowest BCUT2D eigenvalue weighted by atomic mass is 10.1. The second-order valence-corrected chi connectivity index (χ2v) is 5.60. The highest BCUT2D eigenvalue weighted by Gasteiger charge is 2.08. The molecule has 0 radical (unpaired) electrons. The summed E-state index contributed by atoms with van der Waals surface area (Å²) in [6.45, 7) is 2.64. The molecule has 0 aromatic heterocycles. The Balaban J connectivity index is 2.04. The molecule has 100 valence electrons. The molecule has 1 nitrogen and oxygen atoms in total. The van der Waals surface area contributed by atoms with Gasteiger partial charge < -0.3 is 5.32 Å². The van der Waals surface area contributed by atoms with Crippen LogP contribution < -0.4 is 5.32 Å². The highest BCUT2D eigenvalue weighted by atomic mass is 79.9. The molecule has 0 fully saturated rings. The summed E-state index contributed by atoms with van der Waals surface area (Å²) in [5.74, 6) is -0.241. The Labute approximate surface area is 125 Å². The van der Waals surface area contributed by atoms with Crippen molar-refractivity contribution in [2.75, 3.05) is 0 Å². The van der Waals surface area contributed by atoms with E-state index in [0.717, 1.165) is 16.1 Å². The van der Waals surface area contributed by atoms with Crippen LogP contribution in [0.3, 0.4) is 0 Å². The predicted octanol–water partition coefficient (Wildman–Crippen LogP) is 5.09. The molecule has 2 aromatic rings. The summed E-state index contributed by atoms with van der Waals surface area (Å²) < 4.78 is 13.9. The van der Waals surface area contributed by atoms with Gasteiger partial charge in [0.05, 0.1) is 4.47 Å². The van der Waals surface area contributed by atoms with Gasteiger partial charge in [0.1, 0.15) is 5.82 Å². The summed E-state index contributed by atoms with van der Waals surface area (Å²) >= 11 is 9.23. The summed E-state index contributed by atoms with van der Waals surface area (Å²) in [4.78, 5) is 0. The van der Waals surface area contributed by atoms with Gasteiger partial charge in [-0.15, -0.1) is 0 Å². The lowest BCUT2D eigenvalue weighted by Crippen LogP contribution is -2.18. The molecule has 0 spiro atoms. The second kappa shape index (κ2) is 6.51. The number of hydrogen-bond donors (Lipinski definition) is 1. The van der Waals surface area contributed by atoms with Crippen LogP contribution in [0.2, 0.25) is 5.02 Å². The van der Waals surface area contributed by atoms with E-state index in [1.807, 2.05) is 30.3 Å². The lowest BCUT2D eigenvalue weighted by Gasteiger charge is -2.15. The maximum atomic E-state index is 13.4. The van der Waals surface area contributed by atoms with Gasteiger partial charge in [-0.05, 0) is 52.2 Å². The first-order chi connectivity index (χ1) is 9.08. The topological polar surface area (TPSA) is 12.0 Å². The molecular weight excluding hydrogens is 329 g/mol. The zero-order chi connectivity index (χ0) is 13.8. The Morgan fingerprint density at radius 3 is 2.74 bits per heavy atom. The highest BCUT2D eigenvalue weighted by Crippen LogP contribution is 2.22. The fraction of sp³-hybridized carbons (Fsp3) is 0.200. The average Bonchev–Trinajstić information content (AvgIpc) is 2.40. The molecule has 1 N–H and O–H groups in total. The number of halogens is 3. The molecule has 4 heteroatoms. The van der Waals surface area contributed by atoms with Gasteiger partial charge in [0.2, 0.25) is 0 Å². The Hall–Kier alpha value is -0.900. The smallest absolute Gasteiger partial charge is 0.137 e. The van der Waals surface area contributed by atoms with Gasteiger partial charge in [-0.3, -0.25) is 0 Å². The Kier molecular flexibility index (Phi) is 4.97. The molecule has 0 saturated carbocycles. The number of hydrogen-bond acceptors (Lipinski definition) is 1. The SMILES string of the molecule is C[C@H](NCc1cccc(F)c1Br)c1cccc(Cl)c1. The Bertz CT molecular complexity index is 574. The molecule has 2 rings (SSSR count). The van der Waals surface area contributed by atoms with Crippen molar-refractivity contribution in [3.63, 3.8) is 0 Å². The molecule has 0 bridgehead atoms. The van der Waals surface area contributed by atoms with Crippen LogP contribution in [-0.4, -0.2) is 0 Å². The molecule has 0 amide bonds. The molecule has 0 unspecified atom stereocenters. The highest BCUT2D eigenvalue weighted by molar-refractivity contribution is 9.10. The van der Waals surface area contributed by atoms with Crippen LogP contribution in [0.4, 0.5) is 4.39 Å². The van der Waals surface area contributed by atoms with Crippen LogP contribution in [0, 0.1) is 5.82 Å². The van der Waals surface area contributed by atoms with E-state index in [1.165, 1.54) is 6.07 Å². The first kappa shape index (κ1) is 14.5. The van der Waals surface area contributed by atoms with Crippen LogP contribution in [0.15, 0.2) is 46.9 Å². The second-order valence-electron chi connectivity index (χ2n) is 4.37. The summed E-state index contributed by atoms with van der Waals surface area (Å²) in [6.07, 6.45) is 0. The average molecular weight is 343 g/mol. The first-order valence-electron chi connectivity index (χ1n) is 5.99. The predicted molar refractivity (Wildman–Crippen MR) is 80.8 cm³/mol. The summed E-state index contributed by atoms with van der Waals surface area (Å²) in [7, 11) is 0. The molecule has 2 aromatic carbocycles. The summed E-state index contributed by atoms with van der Waals surface area (Å²) in [6, 6.07) is 12.9. The largest absolute Gasteiger partial charge is 0.306 e. The Morgan fingerprint density at radius 1 is 1.26 bits per heavy atom. The van der Waals surface area contributed by atoms with Crippen molar-refractivity contribution in [2.45, 2.75) is 19.5 Å². The maximum absolute atomic E-state index is 13.4. The zero-order valence-corrected chi connectivity index (χ0v) is 12.8. The maximum Gasteiger partial charge on any atom is 0.137 e. The Morgan fingerprint density at radius 2 is 2.00 bits per heavy atom. The molecule has 19 heavy (non-hydrogen) atoms. The van der Waals surface area contributed by atoms with E-state index in [1.54, 1.807) is 6.07 Å². The molecular formula is C15H14BrClFN. The van der Waals surface area contributed by atoms with Crippen molar-refractivity contribution >= 4 is 27.5 Å². The normalized spacial score (nSPS) is 12.4. The van der Waals surface area contributed by atoms with E-state index in [-0.39, 0.29) is 11.9 Å². The van der Waals surface area contributed by atoms with Gasteiger partial charge in [0.25, 0.3) is 0 Å². The van der Waals surface area contributed by atoms with E-state index in [2.05, 4.69) is 28.2 Å². The van der Waals surface area contributed by atoms with Crippen LogP contribution in [0.25, 0.3) is 0 Å². The van der Waals surface area contributed by atoms with Crippen molar-refractivity contribution in [3.05, 3.63) is 68.9 Å². The van der Waals surface area contributed by atoms with E-state index < -0.39 is 0 Å². The fourth-order valence-electron chi connectivity index (χ4n) is 1.84. The third-order valence-corrected chi connectivity index (χ3v) is 4.10. The van der Waals surface area contributed by atoms with Crippen LogP contribution in [0.1, 0.15) is 24.1 Å². The third kappa shape index (κ3) is 3.78. The van der Waals surface area contributed by atoms with Crippen molar-refractivity contribution in [1.29, 1.82) is 0 Å². The van der Waals surface area contributed by atoms with Gasteiger partial charge in [0, 0.05) is 17.6 Å². The molecule has 0 saturated heterocycles. The molecule has 0 aliphatic carbocycles.